The number of rotatable bonds is 3. The van der Waals surface area contributed by atoms with Gasteiger partial charge in [0.15, 0.2) is 0 Å². The number of anilines is 1. The summed E-state index contributed by atoms with van der Waals surface area (Å²) in [6, 6.07) is 3.27. The van der Waals surface area contributed by atoms with Crippen LogP contribution in [0.25, 0.3) is 0 Å². The molecule has 0 saturated heterocycles. The number of carbonyl (C=O) groups is 1. The summed E-state index contributed by atoms with van der Waals surface area (Å²) in [4.78, 5) is 11.9. The van der Waals surface area contributed by atoms with Crippen molar-refractivity contribution in [2.45, 2.75) is 12.7 Å². The number of aromatic amines is 1. The van der Waals surface area contributed by atoms with E-state index in [1.165, 1.54) is 18.3 Å². The predicted octanol–water partition coefficient (Wildman–Crippen LogP) is 2.70. The Labute approximate surface area is 125 Å². The van der Waals surface area contributed by atoms with Crippen LogP contribution in [0, 0.1) is 0 Å². The van der Waals surface area contributed by atoms with Gasteiger partial charge < -0.3 is 11.1 Å². The zero-order valence-corrected chi connectivity index (χ0v) is 12.0. The summed E-state index contributed by atoms with van der Waals surface area (Å²) in [6.07, 6.45) is -3.11. The van der Waals surface area contributed by atoms with Crippen molar-refractivity contribution in [3.63, 3.8) is 0 Å². The van der Waals surface area contributed by atoms with Crippen LogP contribution in [0.3, 0.4) is 0 Å². The number of amides is 1. The van der Waals surface area contributed by atoms with Gasteiger partial charge in [0.05, 0.1) is 11.8 Å². The fraction of sp³-hybridized carbons (Fsp3) is 0.167. The van der Waals surface area contributed by atoms with Gasteiger partial charge >= 0.3 is 6.18 Å². The van der Waals surface area contributed by atoms with E-state index in [4.69, 9.17) is 5.73 Å². The molecule has 1 aromatic carbocycles. The third-order valence-corrected chi connectivity index (χ3v) is 3.42. The highest BCUT2D eigenvalue weighted by atomic mass is 79.9. The molecular weight excluding hydrogens is 353 g/mol. The van der Waals surface area contributed by atoms with E-state index in [0.29, 0.717) is 11.4 Å². The third kappa shape index (κ3) is 3.54. The Morgan fingerprint density at radius 3 is 2.71 bits per heavy atom. The fourth-order valence-corrected chi connectivity index (χ4v) is 2.09. The molecule has 0 spiro atoms. The van der Waals surface area contributed by atoms with Crippen molar-refractivity contribution >= 4 is 27.7 Å². The molecule has 9 heteroatoms. The van der Waals surface area contributed by atoms with Crippen molar-refractivity contribution in [3.8, 4) is 0 Å². The largest absolute Gasteiger partial charge is 0.417 e. The number of halogens is 4. The molecule has 0 aliphatic heterocycles. The van der Waals surface area contributed by atoms with Crippen LogP contribution in [-0.2, 0) is 12.7 Å². The van der Waals surface area contributed by atoms with Gasteiger partial charge in [-0.1, -0.05) is 15.9 Å². The number of nitrogens with two attached hydrogens (primary N) is 1. The fourth-order valence-electron chi connectivity index (χ4n) is 1.62. The minimum absolute atomic E-state index is 0.0680. The maximum absolute atomic E-state index is 12.8. The molecule has 0 radical (unpaired) electrons. The first kappa shape index (κ1) is 15.4. The van der Waals surface area contributed by atoms with Gasteiger partial charge in [-0.15, -0.1) is 0 Å². The molecule has 2 rings (SSSR count). The van der Waals surface area contributed by atoms with Crippen LogP contribution in [0.15, 0.2) is 28.9 Å². The quantitative estimate of drug-likeness (QED) is 0.784. The SMILES string of the molecule is Nc1[nH]ncc1CNC(=O)c1ccc(Br)c(C(F)(F)F)c1. The number of hydrogen-bond donors (Lipinski definition) is 3. The van der Waals surface area contributed by atoms with E-state index < -0.39 is 17.6 Å². The van der Waals surface area contributed by atoms with Gasteiger partial charge in [-0.05, 0) is 18.2 Å². The molecular formula is C12H10BrF3N4O. The normalized spacial score (nSPS) is 11.4. The summed E-state index contributed by atoms with van der Waals surface area (Å²) >= 11 is 2.81. The van der Waals surface area contributed by atoms with Crippen LogP contribution in [0.5, 0.6) is 0 Å². The molecule has 21 heavy (non-hydrogen) atoms. The van der Waals surface area contributed by atoms with E-state index in [0.717, 1.165) is 6.07 Å². The Balaban J connectivity index is 2.15. The predicted molar refractivity (Wildman–Crippen MR) is 73.3 cm³/mol. The number of carbonyl (C=O) groups excluding carboxylic acids is 1. The minimum atomic E-state index is -4.54. The molecule has 0 saturated carbocycles. The molecule has 0 atom stereocenters. The number of nitrogens with one attached hydrogen (secondary N) is 2. The number of H-pyrrole nitrogens is 1. The first-order valence-electron chi connectivity index (χ1n) is 5.71. The molecule has 112 valence electrons. The topological polar surface area (TPSA) is 83.8 Å². The Kier molecular flexibility index (Phi) is 4.21. The smallest absolute Gasteiger partial charge is 0.384 e. The number of benzene rings is 1. The average molecular weight is 363 g/mol. The van der Waals surface area contributed by atoms with E-state index in [9.17, 15) is 18.0 Å². The minimum Gasteiger partial charge on any atom is -0.384 e. The van der Waals surface area contributed by atoms with Gasteiger partial charge in [0, 0.05) is 22.1 Å². The molecule has 1 amide bonds. The lowest BCUT2D eigenvalue weighted by molar-refractivity contribution is -0.138. The van der Waals surface area contributed by atoms with E-state index in [1.807, 2.05) is 0 Å². The summed E-state index contributed by atoms with van der Waals surface area (Å²) in [7, 11) is 0. The second-order valence-electron chi connectivity index (χ2n) is 4.18. The summed E-state index contributed by atoms with van der Waals surface area (Å²) in [5.41, 5.74) is 5.10. The van der Waals surface area contributed by atoms with E-state index in [2.05, 4.69) is 31.4 Å². The zero-order chi connectivity index (χ0) is 15.6. The van der Waals surface area contributed by atoms with Crippen LogP contribution in [0.1, 0.15) is 21.5 Å². The molecule has 1 aromatic heterocycles. The van der Waals surface area contributed by atoms with Gasteiger partial charge in [0.1, 0.15) is 5.82 Å². The van der Waals surface area contributed by atoms with E-state index in [-0.39, 0.29) is 16.6 Å². The zero-order valence-electron chi connectivity index (χ0n) is 10.5. The lowest BCUT2D eigenvalue weighted by Crippen LogP contribution is -2.23. The Morgan fingerprint density at radius 2 is 2.14 bits per heavy atom. The molecule has 0 aliphatic rings. The first-order chi connectivity index (χ1) is 9.79. The number of nitrogens with zero attached hydrogens (tertiary/aromatic N) is 1. The molecule has 0 bridgehead atoms. The van der Waals surface area contributed by atoms with Gasteiger partial charge in [0.2, 0.25) is 0 Å². The van der Waals surface area contributed by atoms with Crippen molar-refractivity contribution in [2.24, 2.45) is 0 Å². The second kappa shape index (κ2) is 5.76. The summed E-state index contributed by atoms with van der Waals surface area (Å²) in [5, 5.41) is 8.64. The van der Waals surface area contributed by atoms with E-state index in [1.54, 1.807) is 0 Å². The van der Waals surface area contributed by atoms with Crippen molar-refractivity contribution in [1.29, 1.82) is 0 Å². The number of alkyl halides is 3. The summed E-state index contributed by atoms with van der Waals surface area (Å²) in [5.74, 6) is -0.337. The lowest BCUT2D eigenvalue weighted by Gasteiger charge is -2.11. The van der Waals surface area contributed by atoms with Crippen LogP contribution >= 0.6 is 15.9 Å². The van der Waals surface area contributed by atoms with Crippen molar-refractivity contribution in [1.82, 2.24) is 15.5 Å². The van der Waals surface area contributed by atoms with Crippen LogP contribution in [-0.4, -0.2) is 16.1 Å². The molecule has 5 nitrogen and oxygen atoms in total. The Bertz CT molecular complexity index is 669. The second-order valence-corrected chi connectivity index (χ2v) is 5.04. The standard InChI is InChI=1S/C12H10BrF3N4O/c13-9-2-1-6(3-8(9)12(14,15)16)11(21)18-4-7-5-19-20-10(7)17/h1-3,5H,4H2,(H,18,21)(H3,17,19,20). The third-order valence-electron chi connectivity index (χ3n) is 2.72. The molecule has 2 aromatic rings. The highest BCUT2D eigenvalue weighted by Gasteiger charge is 2.33. The van der Waals surface area contributed by atoms with Gasteiger partial charge in [-0.2, -0.15) is 18.3 Å². The van der Waals surface area contributed by atoms with Crippen LogP contribution in [0.4, 0.5) is 19.0 Å². The van der Waals surface area contributed by atoms with Crippen LogP contribution < -0.4 is 11.1 Å². The molecule has 0 fully saturated rings. The number of aromatic nitrogens is 2. The van der Waals surface area contributed by atoms with Gasteiger partial charge in [0.25, 0.3) is 5.91 Å². The van der Waals surface area contributed by atoms with Gasteiger partial charge in [-0.25, -0.2) is 0 Å². The first-order valence-corrected chi connectivity index (χ1v) is 6.51. The molecule has 0 unspecified atom stereocenters. The monoisotopic (exact) mass is 362 g/mol. The Morgan fingerprint density at radius 1 is 1.43 bits per heavy atom. The highest BCUT2D eigenvalue weighted by molar-refractivity contribution is 9.10. The molecule has 0 aliphatic carbocycles. The summed E-state index contributed by atoms with van der Waals surface area (Å²) < 4.78 is 38.2. The summed E-state index contributed by atoms with van der Waals surface area (Å²) in [6.45, 7) is 0.0680. The highest BCUT2D eigenvalue weighted by Crippen LogP contribution is 2.35. The van der Waals surface area contributed by atoms with Crippen molar-refractivity contribution < 1.29 is 18.0 Å². The maximum atomic E-state index is 12.8. The van der Waals surface area contributed by atoms with Crippen molar-refractivity contribution in [2.75, 3.05) is 5.73 Å². The van der Waals surface area contributed by atoms with Crippen molar-refractivity contribution in [3.05, 3.63) is 45.6 Å². The van der Waals surface area contributed by atoms with E-state index >= 15 is 0 Å². The van der Waals surface area contributed by atoms with Crippen LogP contribution in [0.2, 0.25) is 0 Å². The molecule has 1 heterocycles. The number of hydrogen-bond acceptors (Lipinski definition) is 3. The molecule has 4 N–H and O–H groups in total. The Hall–Kier alpha value is -2.03. The lowest BCUT2D eigenvalue weighted by atomic mass is 10.1. The maximum Gasteiger partial charge on any atom is 0.417 e. The number of nitrogen functional groups attached to an aromatic ring is 1. The van der Waals surface area contributed by atoms with Gasteiger partial charge in [-0.3, -0.25) is 9.89 Å². The average Bonchev–Trinajstić information content (AvgIpc) is 2.80.